The zero-order valence-electron chi connectivity index (χ0n) is 16.0. The van der Waals surface area contributed by atoms with Gasteiger partial charge in [0.15, 0.2) is 11.3 Å². The van der Waals surface area contributed by atoms with Gasteiger partial charge in [-0.3, -0.25) is 13.8 Å². The first-order valence-corrected chi connectivity index (χ1v) is 9.28. The Morgan fingerprint density at radius 1 is 1.34 bits per heavy atom. The molecule has 1 aliphatic heterocycles. The van der Waals surface area contributed by atoms with E-state index < -0.39 is 11.5 Å². The minimum atomic E-state index is -0.865. The molecular weight excluding hydrogens is 379 g/mol. The minimum absolute atomic E-state index is 0.296. The van der Waals surface area contributed by atoms with Gasteiger partial charge >= 0.3 is 0 Å². The molecule has 0 radical (unpaired) electrons. The number of halogens is 1. The molecule has 4 aromatic rings. The van der Waals surface area contributed by atoms with Crippen LogP contribution in [0.5, 0.6) is 0 Å². The second-order valence-electron chi connectivity index (χ2n) is 7.27. The van der Waals surface area contributed by atoms with Gasteiger partial charge in [0.1, 0.15) is 23.6 Å². The van der Waals surface area contributed by atoms with Crippen molar-refractivity contribution >= 4 is 16.6 Å². The second-order valence-corrected chi connectivity index (χ2v) is 7.27. The first kappa shape index (κ1) is 18.0. The summed E-state index contributed by atoms with van der Waals surface area (Å²) in [5, 5.41) is 8.12. The maximum Gasteiger partial charge on any atom is 0.281 e. The third-order valence-corrected chi connectivity index (χ3v) is 5.31. The Labute approximate surface area is 164 Å². The molecule has 3 aromatic heterocycles. The second kappa shape index (κ2) is 6.46. The molecular formula is C19H19FN6O3. The number of hydrogen-bond donors (Lipinski definition) is 0. The predicted octanol–water partition coefficient (Wildman–Crippen LogP) is 2.00. The Kier molecular flexibility index (Phi) is 4.00. The van der Waals surface area contributed by atoms with Gasteiger partial charge in [0, 0.05) is 13.7 Å². The average Bonchev–Trinajstić information content (AvgIpc) is 3.42. The highest BCUT2D eigenvalue weighted by Gasteiger charge is 2.35. The molecule has 1 unspecified atom stereocenters. The van der Waals surface area contributed by atoms with E-state index in [0.29, 0.717) is 47.7 Å². The largest absolute Gasteiger partial charge is 0.378 e. The third kappa shape index (κ3) is 2.67. The summed E-state index contributed by atoms with van der Waals surface area (Å²) in [6.45, 7) is 2.69. The van der Waals surface area contributed by atoms with Gasteiger partial charge in [-0.05, 0) is 38.0 Å². The summed E-state index contributed by atoms with van der Waals surface area (Å²) in [4.78, 5) is 18.0. The van der Waals surface area contributed by atoms with Crippen LogP contribution in [0.1, 0.15) is 25.5 Å². The van der Waals surface area contributed by atoms with Gasteiger partial charge < -0.3 is 9.47 Å². The summed E-state index contributed by atoms with van der Waals surface area (Å²) in [5.74, 6) is -0.0844. The molecule has 0 saturated carbocycles. The van der Waals surface area contributed by atoms with E-state index >= 15 is 0 Å². The van der Waals surface area contributed by atoms with E-state index in [0.717, 1.165) is 6.42 Å². The molecule has 1 atom stereocenters. The highest BCUT2D eigenvalue weighted by Crippen LogP contribution is 2.33. The highest BCUT2D eigenvalue weighted by atomic mass is 19.1. The van der Waals surface area contributed by atoms with Crippen molar-refractivity contribution in [2.45, 2.75) is 32.1 Å². The first-order valence-electron chi connectivity index (χ1n) is 9.28. The Bertz CT molecular complexity index is 1280. The minimum Gasteiger partial charge on any atom is -0.378 e. The average molecular weight is 398 g/mol. The van der Waals surface area contributed by atoms with E-state index in [9.17, 15) is 9.18 Å². The van der Waals surface area contributed by atoms with E-state index in [4.69, 9.17) is 9.47 Å². The van der Waals surface area contributed by atoms with Crippen LogP contribution in [0.4, 0.5) is 4.39 Å². The summed E-state index contributed by atoms with van der Waals surface area (Å²) in [6.07, 6.45) is 4.67. The van der Waals surface area contributed by atoms with Gasteiger partial charge in [-0.1, -0.05) is 5.21 Å². The maximum atomic E-state index is 14.1. The van der Waals surface area contributed by atoms with Gasteiger partial charge in [0.2, 0.25) is 0 Å². The SMILES string of the molecule is COCc1cn(-c2ncn3c2c(=O)n(C2(C)CCCO2)c2cc(F)ccc23)nn1. The fraction of sp³-hybridized carbons (Fsp3) is 0.368. The zero-order chi connectivity index (χ0) is 20.2. The van der Waals surface area contributed by atoms with Gasteiger partial charge in [-0.15, -0.1) is 5.10 Å². The van der Waals surface area contributed by atoms with Crippen molar-refractivity contribution in [3.63, 3.8) is 0 Å². The van der Waals surface area contributed by atoms with Crippen LogP contribution < -0.4 is 5.56 Å². The van der Waals surface area contributed by atoms with Crippen molar-refractivity contribution < 1.29 is 13.9 Å². The molecule has 9 nitrogen and oxygen atoms in total. The van der Waals surface area contributed by atoms with E-state index in [2.05, 4.69) is 15.3 Å². The first-order chi connectivity index (χ1) is 14.0. The van der Waals surface area contributed by atoms with E-state index in [1.165, 1.54) is 27.7 Å². The molecule has 0 N–H and O–H groups in total. The molecule has 1 aromatic carbocycles. The van der Waals surface area contributed by atoms with Crippen LogP contribution in [-0.4, -0.2) is 42.7 Å². The molecule has 29 heavy (non-hydrogen) atoms. The lowest BCUT2D eigenvalue weighted by molar-refractivity contribution is -0.0448. The molecule has 10 heteroatoms. The summed E-state index contributed by atoms with van der Waals surface area (Å²) < 4.78 is 29.7. The van der Waals surface area contributed by atoms with Crippen molar-refractivity contribution in [2.24, 2.45) is 0 Å². The number of aromatic nitrogens is 6. The number of hydrogen-bond acceptors (Lipinski definition) is 6. The number of imidazole rings is 1. The number of methoxy groups -OCH3 is 1. The Balaban J connectivity index is 1.85. The van der Waals surface area contributed by atoms with Crippen LogP contribution in [-0.2, 0) is 21.8 Å². The fourth-order valence-corrected chi connectivity index (χ4v) is 4.01. The molecule has 1 aliphatic rings. The number of benzene rings is 1. The van der Waals surface area contributed by atoms with Gasteiger partial charge in [0.05, 0.1) is 23.8 Å². The number of nitrogens with zero attached hydrogens (tertiary/aromatic N) is 6. The summed E-state index contributed by atoms with van der Waals surface area (Å²) in [6, 6.07) is 4.35. The lowest BCUT2D eigenvalue weighted by atomic mass is 10.1. The van der Waals surface area contributed by atoms with Crippen LogP contribution in [0.2, 0.25) is 0 Å². The molecule has 1 fully saturated rings. The topological polar surface area (TPSA) is 88.5 Å². The van der Waals surface area contributed by atoms with Gasteiger partial charge in [-0.25, -0.2) is 9.37 Å². The van der Waals surface area contributed by atoms with E-state index in [1.54, 1.807) is 23.8 Å². The molecule has 0 spiro atoms. The van der Waals surface area contributed by atoms with Crippen LogP contribution in [0.3, 0.4) is 0 Å². The Hall–Kier alpha value is -3.11. The Morgan fingerprint density at radius 3 is 2.97 bits per heavy atom. The van der Waals surface area contributed by atoms with Crippen LogP contribution in [0, 0.1) is 5.82 Å². The standard InChI is InChI=1S/C19H19FN6O3/c1-19(6-3-7-29-19)26-15-8-12(20)4-5-14(15)24-11-21-17(16(24)18(26)27)25-9-13(10-28-2)22-23-25/h4-5,8-9,11H,3,6-7,10H2,1-2H3. The summed E-state index contributed by atoms with van der Waals surface area (Å²) in [5.41, 5.74) is 0.834. The van der Waals surface area contributed by atoms with Crippen molar-refractivity contribution in [3.05, 3.63) is 52.6 Å². The van der Waals surface area contributed by atoms with Crippen LogP contribution in [0.15, 0.2) is 35.5 Å². The zero-order valence-corrected chi connectivity index (χ0v) is 16.0. The van der Waals surface area contributed by atoms with Crippen molar-refractivity contribution in [2.75, 3.05) is 13.7 Å². The third-order valence-electron chi connectivity index (χ3n) is 5.31. The monoisotopic (exact) mass is 398 g/mol. The van der Waals surface area contributed by atoms with Crippen molar-refractivity contribution in [3.8, 4) is 5.82 Å². The van der Waals surface area contributed by atoms with Crippen LogP contribution >= 0.6 is 0 Å². The summed E-state index contributed by atoms with van der Waals surface area (Å²) >= 11 is 0. The Morgan fingerprint density at radius 2 is 2.21 bits per heavy atom. The molecule has 150 valence electrons. The molecule has 0 aliphatic carbocycles. The lowest BCUT2D eigenvalue weighted by Gasteiger charge is -2.28. The highest BCUT2D eigenvalue weighted by molar-refractivity contribution is 5.81. The van der Waals surface area contributed by atoms with Gasteiger partial charge in [0.25, 0.3) is 5.56 Å². The molecule has 5 rings (SSSR count). The van der Waals surface area contributed by atoms with Crippen LogP contribution in [0.25, 0.3) is 22.4 Å². The van der Waals surface area contributed by atoms with Gasteiger partial charge in [-0.2, -0.15) is 4.68 Å². The van der Waals surface area contributed by atoms with E-state index in [-0.39, 0.29) is 5.56 Å². The molecule has 0 bridgehead atoms. The number of rotatable bonds is 4. The molecule has 4 heterocycles. The maximum absolute atomic E-state index is 14.1. The predicted molar refractivity (Wildman–Crippen MR) is 101 cm³/mol. The summed E-state index contributed by atoms with van der Waals surface area (Å²) in [7, 11) is 1.57. The fourth-order valence-electron chi connectivity index (χ4n) is 4.01. The van der Waals surface area contributed by atoms with E-state index in [1.807, 2.05) is 6.92 Å². The smallest absolute Gasteiger partial charge is 0.281 e. The molecule has 0 amide bonds. The lowest BCUT2D eigenvalue weighted by Crippen LogP contribution is -2.39. The number of ether oxygens (including phenoxy) is 2. The normalized spacial score (nSPS) is 19.6. The van der Waals surface area contributed by atoms with Crippen molar-refractivity contribution in [1.29, 1.82) is 0 Å². The van der Waals surface area contributed by atoms with Crippen molar-refractivity contribution in [1.82, 2.24) is 28.9 Å². The quantitative estimate of drug-likeness (QED) is 0.522. The number of fused-ring (bicyclic) bond motifs is 3. The molecule has 1 saturated heterocycles.